The van der Waals surface area contributed by atoms with Crippen molar-refractivity contribution < 1.29 is 14.7 Å². The smallest absolute Gasteiger partial charge is 0.303 e. The van der Waals surface area contributed by atoms with Gasteiger partial charge in [0, 0.05) is 18.5 Å². The number of carboxylic acids is 1. The van der Waals surface area contributed by atoms with E-state index in [4.69, 9.17) is 5.11 Å². The molecular weight excluding hydrogens is 242 g/mol. The van der Waals surface area contributed by atoms with Crippen molar-refractivity contribution in [2.45, 2.75) is 39.5 Å². The van der Waals surface area contributed by atoms with Crippen molar-refractivity contribution in [3.63, 3.8) is 0 Å². The lowest BCUT2D eigenvalue weighted by atomic mass is 10.1. The van der Waals surface area contributed by atoms with Gasteiger partial charge in [0.15, 0.2) is 0 Å². The highest BCUT2D eigenvalue weighted by Crippen LogP contribution is 2.08. The molecule has 4 nitrogen and oxygen atoms in total. The first-order valence-electron chi connectivity index (χ1n) is 6.57. The maximum absolute atomic E-state index is 11.9. The molecule has 1 aromatic carbocycles. The van der Waals surface area contributed by atoms with Crippen molar-refractivity contribution in [2.24, 2.45) is 0 Å². The Morgan fingerprint density at radius 1 is 1.05 bits per heavy atom. The molecule has 19 heavy (non-hydrogen) atoms. The van der Waals surface area contributed by atoms with E-state index < -0.39 is 5.97 Å². The third kappa shape index (κ3) is 6.04. The van der Waals surface area contributed by atoms with Crippen LogP contribution in [0, 0.1) is 13.8 Å². The summed E-state index contributed by atoms with van der Waals surface area (Å²) in [6.07, 6.45) is 2.49. The average Bonchev–Trinajstić information content (AvgIpc) is 2.31. The Morgan fingerprint density at radius 2 is 1.68 bits per heavy atom. The Kier molecular flexibility index (Phi) is 6.06. The van der Waals surface area contributed by atoms with Gasteiger partial charge in [-0.15, -0.1) is 0 Å². The van der Waals surface area contributed by atoms with Crippen LogP contribution in [0.4, 0.5) is 0 Å². The summed E-state index contributed by atoms with van der Waals surface area (Å²) in [5.74, 6) is -0.829. The molecule has 2 N–H and O–H groups in total. The number of nitrogens with one attached hydrogen (secondary N) is 1. The molecule has 1 amide bonds. The molecule has 0 spiro atoms. The molecule has 1 aromatic rings. The summed E-state index contributed by atoms with van der Waals surface area (Å²) < 4.78 is 0. The molecule has 0 saturated carbocycles. The Balaban J connectivity index is 2.29. The van der Waals surface area contributed by atoms with Crippen molar-refractivity contribution >= 4 is 11.9 Å². The van der Waals surface area contributed by atoms with E-state index in [1.165, 1.54) is 0 Å². The number of benzene rings is 1. The van der Waals surface area contributed by atoms with Crippen LogP contribution in [0.3, 0.4) is 0 Å². The van der Waals surface area contributed by atoms with Gasteiger partial charge in [-0.3, -0.25) is 9.59 Å². The number of rotatable bonds is 7. The van der Waals surface area contributed by atoms with E-state index in [0.29, 0.717) is 18.5 Å². The lowest BCUT2D eigenvalue weighted by Crippen LogP contribution is -2.24. The van der Waals surface area contributed by atoms with E-state index >= 15 is 0 Å². The van der Waals surface area contributed by atoms with Crippen LogP contribution in [-0.2, 0) is 4.79 Å². The van der Waals surface area contributed by atoms with Crippen molar-refractivity contribution in [2.75, 3.05) is 6.54 Å². The standard InChI is InChI=1S/C15H21NO3/c1-11-8-12(2)10-13(9-11)15(19)16-7-5-3-4-6-14(17)18/h8-10H,3-7H2,1-2H3,(H,16,19)(H,17,18). The molecule has 4 heteroatoms. The van der Waals surface area contributed by atoms with Gasteiger partial charge in [-0.05, 0) is 38.8 Å². The van der Waals surface area contributed by atoms with E-state index in [9.17, 15) is 9.59 Å². The number of aliphatic carboxylic acids is 1. The van der Waals surface area contributed by atoms with Gasteiger partial charge in [-0.25, -0.2) is 0 Å². The lowest BCUT2D eigenvalue weighted by molar-refractivity contribution is -0.137. The number of carbonyl (C=O) groups excluding carboxylic acids is 1. The Morgan fingerprint density at radius 3 is 2.26 bits per heavy atom. The number of aryl methyl sites for hydroxylation is 2. The molecule has 0 saturated heterocycles. The minimum atomic E-state index is -0.765. The SMILES string of the molecule is Cc1cc(C)cc(C(=O)NCCCCCC(=O)O)c1. The number of carboxylic acid groups (broad SMARTS) is 1. The van der Waals surface area contributed by atoms with Gasteiger partial charge in [0.2, 0.25) is 0 Å². The van der Waals surface area contributed by atoms with Gasteiger partial charge in [0.25, 0.3) is 5.91 Å². The molecule has 0 fully saturated rings. The van der Waals surface area contributed by atoms with Crippen molar-refractivity contribution in [3.05, 3.63) is 34.9 Å². The van der Waals surface area contributed by atoms with Crippen LogP contribution in [0.25, 0.3) is 0 Å². The molecule has 0 radical (unpaired) electrons. The first-order chi connectivity index (χ1) is 8.99. The highest BCUT2D eigenvalue weighted by Gasteiger charge is 2.05. The monoisotopic (exact) mass is 263 g/mol. The van der Waals surface area contributed by atoms with E-state index in [1.807, 2.05) is 32.0 Å². The van der Waals surface area contributed by atoms with Gasteiger partial charge >= 0.3 is 5.97 Å². The largest absolute Gasteiger partial charge is 0.481 e. The quantitative estimate of drug-likeness (QED) is 0.743. The van der Waals surface area contributed by atoms with Crippen molar-refractivity contribution in [1.29, 1.82) is 0 Å². The molecule has 0 atom stereocenters. The molecule has 0 bridgehead atoms. The first kappa shape index (κ1) is 15.2. The highest BCUT2D eigenvalue weighted by atomic mass is 16.4. The van der Waals surface area contributed by atoms with Gasteiger partial charge in [-0.2, -0.15) is 0 Å². The summed E-state index contributed by atoms with van der Waals surface area (Å²) in [5, 5.41) is 11.3. The number of carbonyl (C=O) groups is 2. The summed E-state index contributed by atoms with van der Waals surface area (Å²) in [6.45, 7) is 4.52. The molecule has 0 aromatic heterocycles. The fraction of sp³-hybridized carbons (Fsp3) is 0.467. The van der Waals surface area contributed by atoms with Crippen molar-refractivity contribution in [3.8, 4) is 0 Å². The molecular formula is C15H21NO3. The topological polar surface area (TPSA) is 66.4 Å². The van der Waals surface area contributed by atoms with Gasteiger partial charge in [0.05, 0.1) is 0 Å². The number of unbranched alkanes of at least 4 members (excludes halogenated alkanes) is 2. The third-order valence-corrected chi connectivity index (χ3v) is 2.84. The molecule has 1 rings (SSSR count). The lowest BCUT2D eigenvalue weighted by Gasteiger charge is -2.07. The maximum Gasteiger partial charge on any atom is 0.303 e. The van der Waals surface area contributed by atoms with Gasteiger partial charge < -0.3 is 10.4 Å². The highest BCUT2D eigenvalue weighted by molar-refractivity contribution is 5.94. The zero-order valence-electron chi connectivity index (χ0n) is 11.5. The molecule has 0 aliphatic carbocycles. The van der Waals surface area contributed by atoms with Gasteiger partial charge in [-0.1, -0.05) is 23.6 Å². The normalized spacial score (nSPS) is 10.2. The van der Waals surface area contributed by atoms with Crippen LogP contribution in [-0.4, -0.2) is 23.5 Å². The predicted octanol–water partition coefficient (Wildman–Crippen LogP) is 2.68. The van der Waals surface area contributed by atoms with E-state index in [-0.39, 0.29) is 12.3 Å². The van der Waals surface area contributed by atoms with Crippen LogP contribution in [0.5, 0.6) is 0 Å². The first-order valence-corrected chi connectivity index (χ1v) is 6.57. The summed E-state index contributed by atoms with van der Waals surface area (Å²) in [6, 6.07) is 5.77. The average molecular weight is 263 g/mol. The maximum atomic E-state index is 11.9. The zero-order chi connectivity index (χ0) is 14.3. The zero-order valence-corrected chi connectivity index (χ0v) is 11.5. The van der Waals surface area contributed by atoms with E-state index in [1.54, 1.807) is 0 Å². The Bertz CT molecular complexity index is 434. The van der Waals surface area contributed by atoms with Crippen LogP contribution >= 0.6 is 0 Å². The number of amides is 1. The van der Waals surface area contributed by atoms with E-state index in [2.05, 4.69) is 5.32 Å². The summed E-state index contributed by atoms with van der Waals surface area (Å²) in [7, 11) is 0. The second kappa shape index (κ2) is 7.56. The van der Waals surface area contributed by atoms with Crippen LogP contribution in [0.1, 0.15) is 47.2 Å². The Labute approximate surface area is 113 Å². The van der Waals surface area contributed by atoms with Gasteiger partial charge in [0.1, 0.15) is 0 Å². The molecule has 0 aliphatic rings. The Hall–Kier alpha value is -1.84. The number of hydrogen-bond acceptors (Lipinski definition) is 2. The third-order valence-electron chi connectivity index (χ3n) is 2.84. The summed E-state index contributed by atoms with van der Waals surface area (Å²) >= 11 is 0. The second-order valence-corrected chi connectivity index (χ2v) is 4.84. The number of hydrogen-bond donors (Lipinski definition) is 2. The van der Waals surface area contributed by atoms with Crippen LogP contribution in [0.2, 0.25) is 0 Å². The van der Waals surface area contributed by atoms with Crippen LogP contribution < -0.4 is 5.32 Å². The van der Waals surface area contributed by atoms with Crippen molar-refractivity contribution in [1.82, 2.24) is 5.32 Å². The predicted molar refractivity (Wildman–Crippen MR) is 74.4 cm³/mol. The minimum absolute atomic E-state index is 0.0648. The minimum Gasteiger partial charge on any atom is -0.481 e. The summed E-state index contributed by atoms with van der Waals surface area (Å²) in [4.78, 5) is 22.2. The molecule has 0 aliphatic heterocycles. The van der Waals surface area contributed by atoms with Crippen LogP contribution in [0.15, 0.2) is 18.2 Å². The molecule has 0 heterocycles. The summed E-state index contributed by atoms with van der Waals surface area (Å²) in [5.41, 5.74) is 2.83. The fourth-order valence-electron chi connectivity index (χ4n) is 1.99. The molecule has 104 valence electrons. The second-order valence-electron chi connectivity index (χ2n) is 4.84. The van der Waals surface area contributed by atoms with E-state index in [0.717, 1.165) is 24.0 Å². The molecule has 0 unspecified atom stereocenters. The fourth-order valence-corrected chi connectivity index (χ4v) is 1.99.